The van der Waals surface area contributed by atoms with Crippen LogP contribution < -0.4 is 10.6 Å². The van der Waals surface area contributed by atoms with Gasteiger partial charge in [0.15, 0.2) is 0 Å². The Morgan fingerprint density at radius 2 is 1.91 bits per heavy atom. The van der Waals surface area contributed by atoms with Gasteiger partial charge in [-0.15, -0.1) is 0 Å². The number of esters is 1. The molecule has 2 aromatic rings. The number of hydrogen-bond acceptors (Lipinski definition) is 5. The van der Waals surface area contributed by atoms with Crippen molar-refractivity contribution in [2.24, 2.45) is 0 Å². The standard InChI is InChI=1S/C26H30BrN3O5/c1-4-5-13-30-17(2)22(25(32)35-15-14-34-3)23(29-26(30)33)18-9-8-10-19(16-18)28-24(31)20-11-6-7-12-21(20)27/h6-12,16,23H,4-5,13-15H2,1-3H3,(H,28,31)(H,29,33)/t23-/m0/s1. The number of carbonyl (C=O) groups excluding carboxylic acids is 3. The van der Waals surface area contributed by atoms with E-state index in [-0.39, 0.29) is 25.2 Å². The summed E-state index contributed by atoms with van der Waals surface area (Å²) in [6.07, 6.45) is 1.71. The lowest BCUT2D eigenvalue weighted by Gasteiger charge is -2.35. The molecule has 35 heavy (non-hydrogen) atoms. The van der Waals surface area contributed by atoms with Crippen LogP contribution in [0.3, 0.4) is 0 Å². The fourth-order valence-electron chi connectivity index (χ4n) is 3.82. The van der Waals surface area contributed by atoms with E-state index in [0.29, 0.717) is 39.1 Å². The summed E-state index contributed by atoms with van der Waals surface area (Å²) < 4.78 is 11.1. The van der Waals surface area contributed by atoms with Crippen LogP contribution in [0.1, 0.15) is 48.7 Å². The normalized spacial score (nSPS) is 15.6. The molecule has 3 amide bonds. The molecule has 0 aromatic heterocycles. The zero-order chi connectivity index (χ0) is 25.4. The van der Waals surface area contributed by atoms with Crippen molar-refractivity contribution >= 4 is 39.5 Å². The summed E-state index contributed by atoms with van der Waals surface area (Å²) in [4.78, 5) is 40.4. The van der Waals surface area contributed by atoms with Gasteiger partial charge in [-0.3, -0.25) is 9.69 Å². The molecule has 186 valence electrons. The van der Waals surface area contributed by atoms with Crippen LogP contribution in [0.2, 0.25) is 0 Å². The average molecular weight is 544 g/mol. The lowest BCUT2D eigenvalue weighted by Crippen LogP contribution is -2.48. The monoisotopic (exact) mass is 543 g/mol. The lowest BCUT2D eigenvalue weighted by molar-refractivity contribution is -0.140. The van der Waals surface area contributed by atoms with Crippen LogP contribution in [-0.4, -0.2) is 49.7 Å². The second kappa shape index (κ2) is 12.5. The third-order valence-electron chi connectivity index (χ3n) is 5.67. The van der Waals surface area contributed by atoms with E-state index in [1.165, 1.54) is 7.11 Å². The first kappa shape index (κ1) is 26.4. The fourth-order valence-corrected chi connectivity index (χ4v) is 4.28. The molecular weight excluding hydrogens is 514 g/mol. The number of unbranched alkanes of at least 4 members (excludes halogenated alkanes) is 1. The number of urea groups is 1. The summed E-state index contributed by atoms with van der Waals surface area (Å²) in [7, 11) is 1.53. The number of nitrogens with zero attached hydrogens (tertiary/aromatic N) is 1. The van der Waals surface area contributed by atoms with E-state index in [1.54, 1.807) is 54.3 Å². The highest BCUT2D eigenvalue weighted by molar-refractivity contribution is 9.10. The molecule has 1 aliphatic rings. The molecule has 2 N–H and O–H groups in total. The Kier molecular flexibility index (Phi) is 9.45. The quantitative estimate of drug-likeness (QED) is 0.323. The summed E-state index contributed by atoms with van der Waals surface area (Å²) in [6.45, 7) is 4.66. The van der Waals surface area contributed by atoms with Gasteiger partial charge < -0.3 is 20.1 Å². The van der Waals surface area contributed by atoms with Crippen LogP contribution in [0.25, 0.3) is 0 Å². The van der Waals surface area contributed by atoms with Crippen molar-refractivity contribution < 1.29 is 23.9 Å². The van der Waals surface area contributed by atoms with Crippen molar-refractivity contribution in [3.8, 4) is 0 Å². The van der Waals surface area contributed by atoms with E-state index in [9.17, 15) is 14.4 Å². The minimum Gasteiger partial charge on any atom is -0.460 e. The maximum atomic E-state index is 13.1. The smallest absolute Gasteiger partial charge is 0.338 e. The number of ether oxygens (including phenoxy) is 2. The Balaban J connectivity index is 1.92. The fraction of sp³-hybridized carbons (Fsp3) is 0.346. The minimum absolute atomic E-state index is 0.101. The zero-order valence-electron chi connectivity index (χ0n) is 20.1. The molecule has 0 saturated carbocycles. The molecule has 0 spiro atoms. The molecule has 1 heterocycles. The summed E-state index contributed by atoms with van der Waals surface area (Å²) in [5.41, 5.74) is 2.59. The van der Waals surface area contributed by atoms with Crippen LogP contribution >= 0.6 is 15.9 Å². The van der Waals surface area contributed by atoms with Gasteiger partial charge in [-0.25, -0.2) is 9.59 Å². The van der Waals surface area contributed by atoms with Gasteiger partial charge >= 0.3 is 12.0 Å². The maximum absolute atomic E-state index is 13.1. The van der Waals surface area contributed by atoms with Crippen LogP contribution in [-0.2, 0) is 14.3 Å². The molecule has 2 aromatic carbocycles. The van der Waals surface area contributed by atoms with E-state index >= 15 is 0 Å². The number of anilines is 1. The summed E-state index contributed by atoms with van der Waals surface area (Å²) in [5, 5.41) is 5.82. The predicted octanol–water partition coefficient (Wildman–Crippen LogP) is 5.03. The minimum atomic E-state index is -0.726. The number of rotatable bonds is 10. The Morgan fingerprint density at radius 3 is 2.63 bits per heavy atom. The average Bonchev–Trinajstić information content (AvgIpc) is 2.84. The topological polar surface area (TPSA) is 97.0 Å². The van der Waals surface area contributed by atoms with E-state index in [0.717, 1.165) is 12.8 Å². The Bertz CT molecular complexity index is 1120. The maximum Gasteiger partial charge on any atom is 0.338 e. The molecule has 1 atom stereocenters. The van der Waals surface area contributed by atoms with Crippen molar-refractivity contribution in [2.45, 2.75) is 32.7 Å². The van der Waals surface area contributed by atoms with Crippen molar-refractivity contribution in [3.63, 3.8) is 0 Å². The third-order valence-corrected chi connectivity index (χ3v) is 6.36. The molecule has 3 rings (SSSR count). The second-order valence-corrected chi connectivity index (χ2v) is 8.93. The van der Waals surface area contributed by atoms with Crippen molar-refractivity contribution in [1.82, 2.24) is 10.2 Å². The number of benzene rings is 2. The van der Waals surface area contributed by atoms with E-state index in [1.807, 2.05) is 13.0 Å². The molecule has 0 radical (unpaired) electrons. The van der Waals surface area contributed by atoms with Gasteiger partial charge in [0.2, 0.25) is 0 Å². The molecule has 8 nitrogen and oxygen atoms in total. The number of allylic oxidation sites excluding steroid dienone is 1. The number of hydrogen-bond donors (Lipinski definition) is 2. The highest BCUT2D eigenvalue weighted by Crippen LogP contribution is 2.33. The number of halogens is 1. The van der Waals surface area contributed by atoms with Crippen molar-refractivity contribution in [3.05, 3.63) is 75.4 Å². The SMILES string of the molecule is CCCCN1C(=O)N[C@@H](c2cccc(NC(=O)c3ccccc3Br)c2)C(C(=O)OCCOC)=C1C. The van der Waals surface area contributed by atoms with Gasteiger partial charge in [0.05, 0.1) is 23.8 Å². The first-order valence-electron chi connectivity index (χ1n) is 11.5. The first-order valence-corrected chi connectivity index (χ1v) is 12.3. The Labute approximate surface area is 213 Å². The highest BCUT2D eigenvalue weighted by atomic mass is 79.9. The van der Waals surface area contributed by atoms with Gasteiger partial charge in [-0.05, 0) is 59.1 Å². The first-order chi connectivity index (χ1) is 16.9. The van der Waals surface area contributed by atoms with Gasteiger partial charge in [-0.2, -0.15) is 0 Å². The van der Waals surface area contributed by atoms with Crippen LogP contribution in [0.5, 0.6) is 0 Å². The van der Waals surface area contributed by atoms with Gasteiger partial charge in [0.1, 0.15) is 6.61 Å². The van der Waals surface area contributed by atoms with Gasteiger partial charge in [-0.1, -0.05) is 37.6 Å². The van der Waals surface area contributed by atoms with Crippen LogP contribution in [0, 0.1) is 0 Å². The molecule has 0 bridgehead atoms. The number of methoxy groups -OCH3 is 1. The summed E-state index contributed by atoms with van der Waals surface area (Å²) >= 11 is 3.39. The molecule has 0 unspecified atom stereocenters. The molecule has 0 saturated heterocycles. The van der Waals surface area contributed by atoms with Crippen molar-refractivity contribution in [1.29, 1.82) is 0 Å². The number of carbonyl (C=O) groups is 3. The zero-order valence-corrected chi connectivity index (χ0v) is 21.7. The van der Waals surface area contributed by atoms with Crippen molar-refractivity contribution in [2.75, 3.05) is 32.2 Å². The van der Waals surface area contributed by atoms with Gasteiger partial charge in [0.25, 0.3) is 5.91 Å². The third kappa shape index (κ3) is 6.49. The number of nitrogens with one attached hydrogen (secondary N) is 2. The van der Waals surface area contributed by atoms with E-state index < -0.39 is 12.0 Å². The Morgan fingerprint density at radius 1 is 1.14 bits per heavy atom. The molecule has 9 heteroatoms. The molecule has 0 fully saturated rings. The molecule has 0 aliphatic carbocycles. The van der Waals surface area contributed by atoms with E-state index in [4.69, 9.17) is 9.47 Å². The van der Waals surface area contributed by atoms with Crippen LogP contribution in [0.4, 0.5) is 10.5 Å². The van der Waals surface area contributed by atoms with Gasteiger partial charge in [0, 0.05) is 29.5 Å². The summed E-state index contributed by atoms with van der Waals surface area (Å²) in [5.74, 6) is -0.798. The Hall–Kier alpha value is -3.17. The number of amides is 3. The second-order valence-electron chi connectivity index (χ2n) is 8.07. The highest BCUT2D eigenvalue weighted by Gasteiger charge is 2.36. The van der Waals surface area contributed by atoms with E-state index in [2.05, 4.69) is 26.6 Å². The summed E-state index contributed by atoms with van der Waals surface area (Å²) in [6, 6.07) is 13.2. The predicted molar refractivity (Wildman–Crippen MR) is 137 cm³/mol. The molecular formula is C26H30BrN3O5. The largest absolute Gasteiger partial charge is 0.460 e. The molecule has 1 aliphatic heterocycles. The lowest BCUT2D eigenvalue weighted by atomic mass is 9.94. The van der Waals surface area contributed by atoms with Crippen LogP contribution in [0.15, 0.2) is 64.3 Å².